The number of nitrogens with zero attached hydrogens (tertiary/aromatic N) is 1. The van der Waals surface area contributed by atoms with Crippen LogP contribution in [0.2, 0.25) is 0 Å². The van der Waals surface area contributed by atoms with Gasteiger partial charge in [-0.15, -0.1) is 0 Å². The Labute approximate surface area is 108 Å². The molecule has 0 saturated heterocycles. The van der Waals surface area contributed by atoms with Crippen LogP contribution in [-0.4, -0.2) is 19.5 Å². The van der Waals surface area contributed by atoms with Gasteiger partial charge in [-0.05, 0) is 31.4 Å². The van der Waals surface area contributed by atoms with Crippen molar-refractivity contribution in [2.75, 3.05) is 23.8 Å². The number of para-hydroxylation sites is 1. The minimum absolute atomic E-state index is 0.166. The molecule has 0 radical (unpaired) electrons. The van der Waals surface area contributed by atoms with Crippen LogP contribution >= 0.6 is 0 Å². The monoisotopic (exact) mass is 244 g/mol. The van der Waals surface area contributed by atoms with Gasteiger partial charge in [0.25, 0.3) is 0 Å². The van der Waals surface area contributed by atoms with Crippen molar-refractivity contribution in [2.24, 2.45) is 5.41 Å². The fourth-order valence-electron chi connectivity index (χ4n) is 3.56. The Morgan fingerprint density at radius 3 is 2.72 bits per heavy atom. The van der Waals surface area contributed by atoms with Crippen molar-refractivity contribution >= 4 is 17.3 Å². The number of benzene rings is 1. The quantitative estimate of drug-likeness (QED) is 0.761. The van der Waals surface area contributed by atoms with E-state index in [2.05, 4.69) is 30.3 Å². The molecule has 1 aromatic carbocycles. The minimum Gasteiger partial charge on any atom is -0.372 e. The summed E-state index contributed by atoms with van der Waals surface area (Å²) in [7, 11) is 2.10. The summed E-state index contributed by atoms with van der Waals surface area (Å²) in [5, 5.41) is 3.15. The number of hydrogen-bond acceptors (Lipinski definition) is 2. The topological polar surface area (TPSA) is 32.3 Å². The Morgan fingerprint density at radius 1 is 1.28 bits per heavy atom. The normalized spacial score (nSPS) is 21.7. The fourth-order valence-corrected chi connectivity index (χ4v) is 3.56. The van der Waals surface area contributed by atoms with E-state index in [0.717, 1.165) is 25.1 Å². The zero-order valence-corrected chi connectivity index (χ0v) is 11.1. The first-order chi connectivity index (χ1) is 8.62. The maximum atomic E-state index is 12.5. The highest BCUT2D eigenvalue weighted by molar-refractivity contribution is 6.00. The Hall–Kier alpha value is -1.51. The number of carbonyl (C=O) groups is 1. The van der Waals surface area contributed by atoms with Crippen LogP contribution in [0.1, 0.15) is 31.2 Å². The lowest BCUT2D eigenvalue weighted by Gasteiger charge is -2.30. The van der Waals surface area contributed by atoms with Crippen molar-refractivity contribution < 1.29 is 4.79 Å². The summed E-state index contributed by atoms with van der Waals surface area (Å²) in [6.45, 7) is 2.95. The third kappa shape index (κ3) is 1.61. The lowest BCUT2D eigenvalue weighted by atomic mass is 9.85. The molecule has 1 aliphatic heterocycles. The average Bonchev–Trinajstić information content (AvgIpc) is 2.74. The zero-order valence-electron chi connectivity index (χ0n) is 11.1. The van der Waals surface area contributed by atoms with Crippen molar-refractivity contribution in [3.63, 3.8) is 0 Å². The van der Waals surface area contributed by atoms with Crippen LogP contribution in [0.15, 0.2) is 18.2 Å². The predicted molar refractivity (Wildman–Crippen MR) is 74.0 cm³/mol. The lowest BCUT2D eigenvalue weighted by Crippen LogP contribution is -2.40. The molecule has 3 rings (SSSR count). The smallest absolute Gasteiger partial charge is 0.232 e. The molecule has 1 spiro atoms. The summed E-state index contributed by atoms with van der Waals surface area (Å²) in [6.07, 6.45) is 4.40. The van der Waals surface area contributed by atoms with E-state index in [1.165, 1.54) is 24.1 Å². The average molecular weight is 244 g/mol. The van der Waals surface area contributed by atoms with Gasteiger partial charge in [0.05, 0.1) is 16.8 Å². The van der Waals surface area contributed by atoms with Crippen molar-refractivity contribution in [3.8, 4) is 0 Å². The highest BCUT2D eigenvalue weighted by atomic mass is 16.2. The highest BCUT2D eigenvalue weighted by Crippen LogP contribution is 2.44. The Balaban J connectivity index is 2.06. The van der Waals surface area contributed by atoms with Crippen LogP contribution in [0.4, 0.5) is 11.4 Å². The second-order valence-electron chi connectivity index (χ2n) is 5.77. The molecule has 1 heterocycles. The Bertz CT molecular complexity index is 489. The van der Waals surface area contributed by atoms with E-state index in [1.807, 2.05) is 12.1 Å². The van der Waals surface area contributed by atoms with Gasteiger partial charge in [0.2, 0.25) is 5.91 Å². The summed E-state index contributed by atoms with van der Waals surface area (Å²) >= 11 is 0. The van der Waals surface area contributed by atoms with E-state index in [1.54, 1.807) is 0 Å². The van der Waals surface area contributed by atoms with Gasteiger partial charge in [0.15, 0.2) is 0 Å². The Morgan fingerprint density at radius 2 is 2.00 bits per heavy atom. The van der Waals surface area contributed by atoms with Crippen molar-refractivity contribution in [3.05, 3.63) is 23.8 Å². The molecule has 1 amide bonds. The minimum atomic E-state index is -0.166. The van der Waals surface area contributed by atoms with Crippen LogP contribution in [0.5, 0.6) is 0 Å². The van der Waals surface area contributed by atoms with Crippen molar-refractivity contribution in [2.45, 2.75) is 32.6 Å². The van der Waals surface area contributed by atoms with Gasteiger partial charge in [-0.1, -0.05) is 25.0 Å². The van der Waals surface area contributed by atoms with E-state index < -0.39 is 0 Å². The van der Waals surface area contributed by atoms with Crippen molar-refractivity contribution in [1.29, 1.82) is 0 Å². The van der Waals surface area contributed by atoms with Crippen LogP contribution in [-0.2, 0) is 4.79 Å². The third-order valence-corrected chi connectivity index (χ3v) is 4.45. The third-order valence-electron chi connectivity index (χ3n) is 4.45. The number of anilines is 2. The molecular formula is C15H20N2O. The number of rotatable bonds is 0. The number of hydrogen-bond donors (Lipinski definition) is 1. The van der Waals surface area contributed by atoms with Gasteiger partial charge >= 0.3 is 0 Å². The molecule has 0 bridgehead atoms. The molecule has 0 atom stereocenters. The molecule has 1 aliphatic carbocycles. The molecule has 1 N–H and O–H groups in total. The standard InChI is InChI=1S/C15H20N2O/c1-11-6-5-7-12-13(11)17(2)10-15(14(18)16-12)8-3-4-9-15/h5-7H,3-4,8-10H2,1-2H3,(H,16,18). The van der Waals surface area contributed by atoms with E-state index >= 15 is 0 Å². The molecule has 0 aromatic heterocycles. The van der Waals surface area contributed by atoms with Gasteiger partial charge in [0.1, 0.15) is 0 Å². The second kappa shape index (κ2) is 4.01. The van der Waals surface area contributed by atoms with Gasteiger partial charge in [-0.3, -0.25) is 4.79 Å². The number of carbonyl (C=O) groups excluding carboxylic acids is 1. The lowest BCUT2D eigenvalue weighted by molar-refractivity contribution is -0.124. The van der Waals surface area contributed by atoms with E-state index in [0.29, 0.717) is 0 Å². The number of fused-ring (bicyclic) bond motifs is 1. The van der Waals surface area contributed by atoms with E-state index in [-0.39, 0.29) is 11.3 Å². The highest BCUT2D eigenvalue weighted by Gasteiger charge is 2.44. The van der Waals surface area contributed by atoms with Crippen molar-refractivity contribution in [1.82, 2.24) is 0 Å². The molecule has 2 aliphatic rings. The molecule has 0 unspecified atom stereocenters. The summed E-state index contributed by atoms with van der Waals surface area (Å²) in [5.74, 6) is 0.219. The number of nitrogens with one attached hydrogen (secondary N) is 1. The molecule has 3 nitrogen and oxygen atoms in total. The van der Waals surface area contributed by atoms with Gasteiger partial charge in [0, 0.05) is 13.6 Å². The first-order valence-corrected chi connectivity index (χ1v) is 6.75. The SMILES string of the molecule is Cc1cccc2c1N(C)CC1(CCCC1)C(=O)N2. The second-order valence-corrected chi connectivity index (χ2v) is 5.77. The molecule has 96 valence electrons. The van der Waals surface area contributed by atoms with Gasteiger partial charge in [-0.25, -0.2) is 0 Å². The first kappa shape index (κ1) is 11.6. The number of aryl methyl sites for hydroxylation is 1. The predicted octanol–water partition coefficient (Wildman–Crippen LogP) is 2.94. The van der Waals surface area contributed by atoms with Crippen LogP contribution in [0.3, 0.4) is 0 Å². The van der Waals surface area contributed by atoms with Gasteiger partial charge < -0.3 is 10.2 Å². The Kier molecular flexibility index (Phi) is 2.58. The molecule has 1 fully saturated rings. The van der Waals surface area contributed by atoms with Crippen LogP contribution in [0.25, 0.3) is 0 Å². The van der Waals surface area contributed by atoms with Gasteiger partial charge in [-0.2, -0.15) is 0 Å². The van der Waals surface area contributed by atoms with E-state index in [9.17, 15) is 4.79 Å². The molecular weight excluding hydrogens is 224 g/mol. The van der Waals surface area contributed by atoms with Crippen LogP contribution in [0, 0.1) is 12.3 Å². The summed E-state index contributed by atoms with van der Waals surface area (Å²) in [6, 6.07) is 6.12. The van der Waals surface area contributed by atoms with Crippen LogP contribution < -0.4 is 10.2 Å². The maximum absolute atomic E-state index is 12.5. The summed E-state index contributed by atoms with van der Waals surface area (Å²) < 4.78 is 0. The summed E-state index contributed by atoms with van der Waals surface area (Å²) in [4.78, 5) is 14.8. The summed E-state index contributed by atoms with van der Waals surface area (Å²) in [5.41, 5.74) is 3.20. The largest absolute Gasteiger partial charge is 0.372 e. The number of amides is 1. The molecule has 1 aromatic rings. The fraction of sp³-hybridized carbons (Fsp3) is 0.533. The maximum Gasteiger partial charge on any atom is 0.232 e. The molecule has 1 saturated carbocycles. The molecule has 3 heteroatoms. The zero-order chi connectivity index (χ0) is 12.8. The first-order valence-electron chi connectivity index (χ1n) is 6.75. The molecule has 18 heavy (non-hydrogen) atoms. The van der Waals surface area contributed by atoms with E-state index in [4.69, 9.17) is 0 Å².